The Morgan fingerprint density at radius 1 is 1.44 bits per heavy atom. The molecule has 1 rings (SSSR count). The van der Waals surface area contributed by atoms with Gasteiger partial charge in [-0.3, -0.25) is 0 Å². The highest BCUT2D eigenvalue weighted by molar-refractivity contribution is 4.73. The predicted octanol–water partition coefficient (Wildman–Crippen LogP) is 1.59. The largest absolute Gasteiger partial charge is 0.380 e. The summed E-state index contributed by atoms with van der Waals surface area (Å²) < 4.78 is 5.64. The average molecular weight is 228 g/mol. The first kappa shape index (κ1) is 13.9. The molecule has 0 amide bonds. The molecular formula is C13H28N2O. The third kappa shape index (κ3) is 5.83. The van der Waals surface area contributed by atoms with Crippen LogP contribution in [0, 0.1) is 11.8 Å². The first-order valence-electron chi connectivity index (χ1n) is 6.67. The second-order valence-corrected chi connectivity index (χ2v) is 5.34. The fraction of sp³-hybridized carbons (Fsp3) is 1.00. The zero-order valence-electron chi connectivity index (χ0n) is 11.2. The van der Waals surface area contributed by atoms with Crippen molar-refractivity contribution in [3.8, 4) is 0 Å². The molecule has 16 heavy (non-hydrogen) atoms. The van der Waals surface area contributed by atoms with Gasteiger partial charge in [0.2, 0.25) is 0 Å². The molecule has 3 nitrogen and oxygen atoms in total. The van der Waals surface area contributed by atoms with E-state index >= 15 is 0 Å². The Kier molecular flexibility index (Phi) is 7.01. The van der Waals surface area contributed by atoms with E-state index in [9.17, 15) is 0 Å². The lowest BCUT2D eigenvalue weighted by atomic mass is 9.98. The molecule has 1 N–H and O–H groups in total. The minimum atomic E-state index is 0.651. The standard InChI is InChI=1S/C13H28N2O/c1-12(2)11-16-8-7-15-6-4-5-13(10-15)9-14-3/h12-14H,4-11H2,1-3H3. The van der Waals surface area contributed by atoms with E-state index in [1.807, 2.05) is 7.05 Å². The predicted molar refractivity (Wildman–Crippen MR) is 68.7 cm³/mol. The molecule has 0 radical (unpaired) electrons. The SMILES string of the molecule is CNCC1CCCN(CCOCC(C)C)C1. The number of nitrogens with zero attached hydrogens (tertiary/aromatic N) is 1. The summed E-state index contributed by atoms with van der Waals surface area (Å²) in [5.74, 6) is 1.49. The topological polar surface area (TPSA) is 24.5 Å². The highest BCUT2D eigenvalue weighted by Crippen LogP contribution is 2.15. The van der Waals surface area contributed by atoms with Crippen molar-refractivity contribution in [3.05, 3.63) is 0 Å². The van der Waals surface area contributed by atoms with Crippen LogP contribution in [-0.4, -0.2) is 51.3 Å². The van der Waals surface area contributed by atoms with Gasteiger partial charge in [-0.2, -0.15) is 0 Å². The first-order valence-corrected chi connectivity index (χ1v) is 6.67. The monoisotopic (exact) mass is 228 g/mol. The van der Waals surface area contributed by atoms with Gasteiger partial charge in [-0.05, 0) is 44.8 Å². The number of piperidine rings is 1. The summed E-state index contributed by atoms with van der Waals surface area (Å²) in [7, 11) is 2.05. The number of nitrogens with one attached hydrogen (secondary N) is 1. The van der Waals surface area contributed by atoms with E-state index in [4.69, 9.17) is 4.74 Å². The maximum absolute atomic E-state index is 5.64. The van der Waals surface area contributed by atoms with E-state index in [-0.39, 0.29) is 0 Å². The fourth-order valence-electron chi connectivity index (χ4n) is 2.32. The third-order valence-corrected chi connectivity index (χ3v) is 3.10. The number of hydrogen-bond donors (Lipinski definition) is 1. The molecular weight excluding hydrogens is 200 g/mol. The average Bonchev–Trinajstić information content (AvgIpc) is 2.25. The smallest absolute Gasteiger partial charge is 0.0593 e. The van der Waals surface area contributed by atoms with E-state index < -0.39 is 0 Å². The minimum absolute atomic E-state index is 0.651. The van der Waals surface area contributed by atoms with E-state index in [2.05, 4.69) is 24.1 Å². The first-order chi connectivity index (χ1) is 7.72. The van der Waals surface area contributed by atoms with Crippen molar-refractivity contribution in [1.29, 1.82) is 0 Å². The van der Waals surface area contributed by atoms with Gasteiger partial charge in [0.1, 0.15) is 0 Å². The van der Waals surface area contributed by atoms with Gasteiger partial charge in [0.15, 0.2) is 0 Å². The Hall–Kier alpha value is -0.120. The summed E-state index contributed by atoms with van der Waals surface area (Å²) in [6.07, 6.45) is 2.72. The molecule has 1 unspecified atom stereocenters. The highest BCUT2D eigenvalue weighted by atomic mass is 16.5. The molecule has 0 bridgehead atoms. The molecule has 1 atom stereocenters. The van der Waals surface area contributed by atoms with Crippen LogP contribution in [0.2, 0.25) is 0 Å². The maximum atomic E-state index is 5.64. The van der Waals surface area contributed by atoms with Crippen molar-refractivity contribution in [1.82, 2.24) is 10.2 Å². The summed E-state index contributed by atoms with van der Waals surface area (Å²) in [5.41, 5.74) is 0. The molecule has 0 aromatic rings. The van der Waals surface area contributed by atoms with E-state index in [1.165, 1.54) is 25.9 Å². The third-order valence-electron chi connectivity index (χ3n) is 3.10. The van der Waals surface area contributed by atoms with Gasteiger partial charge >= 0.3 is 0 Å². The lowest BCUT2D eigenvalue weighted by Crippen LogP contribution is -2.40. The van der Waals surface area contributed by atoms with E-state index in [0.29, 0.717) is 5.92 Å². The Morgan fingerprint density at radius 3 is 2.94 bits per heavy atom. The zero-order chi connectivity index (χ0) is 11.8. The van der Waals surface area contributed by atoms with Gasteiger partial charge in [-0.25, -0.2) is 0 Å². The Bertz CT molecular complexity index is 171. The second kappa shape index (κ2) is 8.04. The molecule has 3 heteroatoms. The van der Waals surface area contributed by atoms with E-state index in [1.54, 1.807) is 0 Å². The van der Waals surface area contributed by atoms with Crippen LogP contribution in [0.3, 0.4) is 0 Å². The summed E-state index contributed by atoms with van der Waals surface area (Å²) in [5, 5.41) is 3.28. The molecule has 0 aromatic carbocycles. The van der Waals surface area contributed by atoms with Crippen LogP contribution >= 0.6 is 0 Å². The van der Waals surface area contributed by atoms with Crippen molar-refractivity contribution >= 4 is 0 Å². The molecule has 0 aromatic heterocycles. The van der Waals surface area contributed by atoms with E-state index in [0.717, 1.165) is 32.2 Å². The summed E-state index contributed by atoms with van der Waals surface area (Å²) in [6, 6.07) is 0. The highest BCUT2D eigenvalue weighted by Gasteiger charge is 2.18. The molecule has 0 aliphatic carbocycles. The molecule has 1 heterocycles. The van der Waals surface area contributed by atoms with Gasteiger partial charge in [-0.1, -0.05) is 13.8 Å². The lowest BCUT2D eigenvalue weighted by Gasteiger charge is -2.32. The fourth-order valence-corrected chi connectivity index (χ4v) is 2.32. The van der Waals surface area contributed by atoms with Gasteiger partial charge in [0, 0.05) is 19.7 Å². The number of hydrogen-bond acceptors (Lipinski definition) is 3. The molecule has 96 valence electrons. The number of ether oxygens (including phenoxy) is 1. The Labute approximate surface area is 101 Å². The van der Waals surface area contributed by atoms with Gasteiger partial charge in [0.25, 0.3) is 0 Å². The van der Waals surface area contributed by atoms with Gasteiger partial charge in [0.05, 0.1) is 6.61 Å². The molecule has 0 spiro atoms. The van der Waals surface area contributed by atoms with Crippen molar-refractivity contribution in [2.45, 2.75) is 26.7 Å². The normalized spacial score (nSPS) is 22.9. The van der Waals surface area contributed by atoms with Crippen LogP contribution < -0.4 is 5.32 Å². The quantitative estimate of drug-likeness (QED) is 0.670. The maximum Gasteiger partial charge on any atom is 0.0593 e. The Morgan fingerprint density at radius 2 is 2.25 bits per heavy atom. The van der Waals surface area contributed by atoms with Crippen molar-refractivity contribution in [3.63, 3.8) is 0 Å². The van der Waals surface area contributed by atoms with Crippen molar-refractivity contribution < 1.29 is 4.74 Å². The van der Waals surface area contributed by atoms with Crippen molar-refractivity contribution in [2.24, 2.45) is 11.8 Å². The van der Waals surface area contributed by atoms with Crippen LogP contribution in [0.4, 0.5) is 0 Å². The lowest BCUT2D eigenvalue weighted by molar-refractivity contribution is 0.0712. The summed E-state index contributed by atoms with van der Waals surface area (Å²) in [6.45, 7) is 10.9. The van der Waals surface area contributed by atoms with Crippen LogP contribution in [0.25, 0.3) is 0 Å². The second-order valence-electron chi connectivity index (χ2n) is 5.34. The van der Waals surface area contributed by atoms with Crippen LogP contribution in [0.15, 0.2) is 0 Å². The summed E-state index contributed by atoms with van der Waals surface area (Å²) >= 11 is 0. The molecule has 1 aliphatic rings. The number of likely N-dealkylation sites (tertiary alicyclic amines) is 1. The van der Waals surface area contributed by atoms with Gasteiger partial charge < -0.3 is 15.0 Å². The van der Waals surface area contributed by atoms with Crippen LogP contribution in [0.5, 0.6) is 0 Å². The molecule has 1 saturated heterocycles. The molecule has 1 fully saturated rings. The molecule has 0 saturated carbocycles. The van der Waals surface area contributed by atoms with Crippen molar-refractivity contribution in [2.75, 3.05) is 46.4 Å². The number of rotatable bonds is 7. The summed E-state index contributed by atoms with van der Waals surface area (Å²) in [4.78, 5) is 2.55. The Balaban J connectivity index is 2.07. The zero-order valence-corrected chi connectivity index (χ0v) is 11.2. The van der Waals surface area contributed by atoms with Crippen LogP contribution in [-0.2, 0) is 4.74 Å². The molecule has 1 aliphatic heterocycles. The van der Waals surface area contributed by atoms with Gasteiger partial charge in [-0.15, -0.1) is 0 Å². The van der Waals surface area contributed by atoms with Crippen LogP contribution in [0.1, 0.15) is 26.7 Å². The minimum Gasteiger partial charge on any atom is -0.380 e.